The first-order valence-electron chi connectivity index (χ1n) is 5.66. The lowest BCUT2D eigenvalue weighted by atomic mass is 10.1. The van der Waals surface area contributed by atoms with Gasteiger partial charge in [-0.25, -0.2) is 0 Å². The number of furan rings is 1. The molecule has 0 saturated carbocycles. The summed E-state index contributed by atoms with van der Waals surface area (Å²) in [4.78, 5) is 0. The van der Waals surface area contributed by atoms with Crippen LogP contribution in [0.2, 0.25) is 0 Å². The fourth-order valence-electron chi connectivity index (χ4n) is 1.70. The highest BCUT2D eigenvalue weighted by Gasteiger charge is 2.09. The summed E-state index contributed by atoms with van der Waals surface area (Å²) < 4.78 is 16.3. The summed E-state index contributed by atoms with van der Waals surface area (Å²) in [7, 11) is -0.691. The molecule has 3 unspecified atom stereocenters. The van der Waals surface area contributed by atoms with Crippen LogP contribution in [0.4, 0.5) is 0 Å². The molecule has 3 nitrogen and oxygen atoms in total. The van der Waals surface area contributed by atoms with Gasteiger partial charge in [0.25, 0.3) is 0 Å². The van der Waals surface area contributed by atoms with E-state index in [1.165, 1.54) is 0 Å². The first kappa shape index (κ1) is 13.5. The van der Waals surface area contributed by atoms with Gasteiger partial charge in [-0.15, -0.1) is 0 Å². The van der Waals surface area contributed by atoms with Crippen molar-refractivity contribution < 1.29 is 8.63 Å². The number of hydrogen-bond donors (Lipinski definition) is 1. The quantitative estimate of drug-likeness (QED) is 0.796. The zero-order valence-corrected chi connectivity index (χ0v) is 11.0. The standard InChI is InChI=1S/C12H21NO2S/c1-10(6-8-16(3)14)13-11(2)9-12-5-4-7-15-12/h4-5,7,10-11,13H,6,8-9H2,1-3H3. The average Bonchev–Trinajstić information content (AvgIpc) is 2.67. The Labute approximate surface area is 100 Å². The Morgan fingerprint density at radius 1 is 1.44 bits per heavy atom. The van der Waals surface area contributed by atoms with Gasteiger partial charge in [0.15, 0.2) is 0 Å². The molecule has 0 amide bonds. The largest absolute Gasteiger partial charge is 0.469 e. The molecule has 0 radical (unpaired) electrons. The van der Waals surface area contributed by atoms with Crippen molar-refractivity contribution in [1.82, 2.24) is 5.32 Å². The second-order valence-electron chi connectivity index (χ2n) is 4.32. The Bertz CT molecular complexity index is 311. The Hall–Kier alpha value is -0.610. The molecule has 0 fully saturated rings. The van der Waals surface area contributed by atoms with Gasteiger partial charge in [0.1, 0.15) is 5.76 Å². The SMILES string of the molecule is CC(CCS(C)=O)NC(C)Cc1ccco1. The van der Waals surface area contributed by atoms with Gasteiger partial charge in [0.2, 0.25) is 0 Å². The summed E-state index contributed by atoms with van der Waals surface area (Å²) in [6, 6.07) is 4.68. The van der Waals surface area contributed by atoms with Gasteiger partial charge in [-0.05, 0) is 32.4 Å². The summed E-state index contributed by atoms with van der Waals surface area (Å²) in [6.07, 6.45) is 5.29. The van der Waals surface area contributed by atoms with Gasteiger partial charge in [-0.2, -0.15) is 0 Å². The van der Waals surface area contributed by atoms with Crippen LogP contribution in [0.25, 0.3) is 0 Å². The third-order valence-electron chi connectivity index (χ3n) is 2.49. The van der Waals surface area contributed by atoms with Crippen molar-refractivity contribution in [3.8, 4) is 0 Å². The maximum absolute atomic E-state index is 11.0. The van der Waals surface area contributed by atoms with Gasteiger partial charge in [-0.1, -0.05) is 0 Å². The fourth-order valence-corrected chi connectivity index (χ4v) is 2.39. The van der Waals surface area contributed by atoms with Crippen molar-refractivity contribution in [1.29, 1.82) is 0 Å². The minimum atomic E-state index is -0.691. The molecule has 0 aromatic carbocycles. The van der Waals surface area contributed by atoms with E-state index >= 15 is 0 Å². The third-order valence-corrected chi connectivity index (χ3v) is 3.31. The Kier molecular flexibility index (Phi) is 5.77. The Morgan fingerprint density at radius 3 is 2.75 bits per heavy atom. The molecule has 0 saturated heterocycles. The van der Waals surface area contributed by atoms with E-state index in [0.29, 0.717) is 12.1 Å². The maximum atomic E-state index is 11.0. The second-order valence-corrected chi connectivity index (χ2v) is 5.87. The molecule has 16 heavy (non-hydrogen) atoms. The lowest BCUT2D eigenvalue weighted by molar-refractivity contribution is 0.419. The van der Waals surface area contributed by atoms with Gasteiger partial charge in [0.05, 0.1) is 6.26 Å². The van der Waals surface area contributed by atoms with Gasteiger partial charge in [0, 0.05) is 41.3 Å². The van der Waals surface area contributed by atoms with Crippen LogP contribution in [0.1, 0.15) is 26.0 Å². The van der Waals surface area contributed by atoms with E-state index in [-0.39, 0.29) is 0 Å². The van der Waals surface area contributed by atoms with E-state index < -0.39 is 10.8 Å². The van der Waals surface area contributed by atoms with Crippen LogP contribution in [0, 0.1) is 0 Å². The van der Waals surface area contributed by atoms with Crippen LogP contribution >= 0.6 is 0 Å². The zero-order valence-electron chi connectivity index (χ0n) is 10.2. The van der Waals surface area contributed by atoms with Gasteiger partial charge < -0.3 is 9.73 Å². The smallest absolute Gasteiger partial charge is 0.105 e. The van der Waals surface area contributed by atoms with Crippen LogP contribution in [-0.4, -0.2) is 28.3 Å². The van der Waals surface area contributed by atoms with E-state index in [1.807, 2.05) is 12.1 Å². The second kappa shape index (κ2) is 6.86. The summed E-state index contributed by atoms with van der Waals surface area (Å²) >= 11 is 0. The molecule has 92 valence electrons. The van der Waals surface area contributed by atoms with Crippen LogP contribution in [-0.2, 0) is 17.2 Å². The van der Waals surface area contributed by atoms with Crippen LogP contribution < -0.4 is 5.32 Å². The lowest BCUT2D eigenvalue weighted by Gasteiger charge is -2.18. The van der Waals surface area contributed by atoms with Crippen LogP contribution in [0.5, 0.6) is 0 Å². The molecule has 1 rings (SSSR count). The molecule has 1 aromatic heterocycles. The van der Waals surface area contributed by atoms with Crippen molar-refractivity contribution in [3.05, 3.63) is 24.2 Å². The van der Waals surface area contributed by atoms with E-state index in [0.717, 1.165) is 24.4 Å². The lowest BCUT2D eigenvalue weighted by Crippen LogP contribution is -2.36. The Balaban J connectivity index is 2.22. The summed E-state index contributed by atoms with van der Waals surface area (Å²) in [5, 5.41) is 3.48. The van der Waals surface area contributed by atoms with Crippen molar-refractivity contribution >= 4 is 10.8 Å². The molecule has 0 spiro atoms. The monoisotopic (exact) mass is 243 g/mol. The molecule has 0 aliphatic carbocycles. The van der Waals surface area contributed by atoms with E-state index in [9.17, 15) is 4.21 Å². The normalized spacial score (nSPS) is 16.9. The molecular formula is C12H21NO2S. The van der Waals surface area contributed by atoms with Crippen molar-refractivity contribution in [2.24, 2.45) is 0 Å². The number of hydrogen-bond acceptors (Lipinski definition) is 3. The van der Waals surface area contributed by atoms with Crippen LogP contribution in [0.3, 0.4) is 0 Å². The highest BCUT2D eigenvalue weighted by atomic mass is 32.2. The first-order valence-corrected chi connectivity index (χ1v) is 7.39. The highest BCUT2D eigenvalue weighted by Crippen LogP contribution is 2.05. The zero-order chi connectivity index (χ0) is 12.0. The topological polar surface area (TPSA) is 42.2 Å². The highest BCUT2D eigenvalue weighted by molar-refractivity contribution is 7.84. The van der Waals surface area contributed by atoms with Crippen molar-refractivity contribution in [2.45, 2.75) is 38.8 Å². The maximum Gasteiger partial charge on any atom is 0.105 e. The number of rotatable bonds is 7. The number of nitrogens with one attached hydrogen (secondary N) is 1. The molecule has 1 heterocycles. The minimum absolute atomic E-state index is 0.381. The van der Waals surface area contributed by atoms with E-state index in [2.05, 4.69) is 19.2 Å². The molecule has 0 aliphatic heterocycles. The predicted octanol–water partition coefficient (Wildman–Crippen LogP) is 1.96. The Morgan fingerprint density at radius 2 is 2.19 bits per heavy atom. The summed E-state index contributed by atoms with van der Waals surface area (Å²) in [5.74, 6) is 1.77. The molecule has 1 aromatic rings. The predicted molar refractivity (Wildman–Crippen MR) is 68.0 cm³/mol. The fraction of sp³-hybridized carbons (Fsp3) is 0.667. The van der Waals surface area contributed by atoms with Crippen molar-refractivity contribution in [2.75, 3.05) is 12.0 Å². The van der Waals surface area contributed by atoms with E-state index in [4.69, 9.17) is 4.42 Å². The molecule has 3 atom stereocenters. The van der Waals surface area contributed by atoms with Crippen molar-refractivity contribution in [3.63, 3.8) is 0 Å². The molecule has 0 bridgehead atoms. The molecule has 1 N–H and O–H groups in total. The molecule has 4 heteroatoms. The summed E-state index contributed by atoms with van der Waals surface area (Å²) in [6.45, 7) is 4.27. The first-order chi connectivity index (χ1) is 7.58. The van der Waals surface area contributed by atoms with Gasteiger partial charge >= 0.3 is 0 Å². The minimum Gasteiger partial charge on any atom is -0.469 e. The molecular weight excluding hydrogens is 222 g/mol. The molecule has 0 aliphatic rings. The third kappa shape index (κ3) is 5.47. The average molecular weight is 243 g/mol. The van der Waals surface area contributed by atoms with Gasteiger partial charge in [-0.3, -0.25) is 4.21 Å². The van der Waals surface area contributed by atoms with Crippen LogP contribution in [0.15, 0.2) is 22.8 Å². The summed E-state index contributed by atoms with van der Waals surface area (Å²) in [5.41, 5.74) is 0. The van der Waals surface area contributed by atoms with E-state index in [1.54, 1.807) is 12.5 Å².